The lowest BCUT2D eigenvalue weighted by Crippen LogP contribution is -2.39. The molecule has 3 heterocycles. The van der Waals surface area contributed by atoms with Crippen molar-refractivity contribution in [1.29, 1.82) is 0 Å². The highest BCUT2D eigenvalue weighted by atomic mass is 32.1. The van der Waals surface area contributed by atoms with E-state index in [-0.39, 0.29) is 18.0 Å². The first-order valence-electron chi connectivity index (χ1n) is 11.2. The van der Waals surface area contributed by atoms with E-state index in [1.165, 1.54) is 10.1 Å². The lowest BCUT2D eigenvalue weighted by atomic mass is 9.90. The summed E-state index contributed by atoms with van der Waals surface area (Å²) in [6, 6.07) is 19.3. The fourth-order valence-corrected chi connectivity index (χ4v) is 4.82. The first-order valence-corrected chi connectivity index (χ1v) is 11.6. The predicted molar refractivity (Wildman–Crippen MR) is 130 cm³/mol. The van der Waals surface area contributed by atoms with Crippen LogP contribution in [0.4, 0.5) is 0 Å². The van der Waals surface area contributed by atoms with Crippen molar-refractivity contribution < 1.29 is 9.21 Å². The summed E-state index contributed by atoms with van der Waals surface area (Å²) < 4.78 is 7.12. The number of H-pyrrole nitrogens is 1. The van der Waals surface area contributed by atoms with Gasteiger partial charge >= 0.3 is 0 Å². The van der Waals surface area contributed by atoms with E-state index in [0.29, 0.717) is 32.9 Å². The van der Waals surface area contributed by atoms with Crippen molar-refractivity contribution in [1.82, 2.24) is 14.5 Å². The number of hydrogen-bond donors (Lipinski definition) is 1. The average Bonchev–Trinajstić information content (AvgIpc) is 3.35. The zero-order valence-electron chi connectivity index (χ0n) is 18.2. The van der Waals surface area contributed by atoms with Crippen molar-refractivity contribution in [3.63, 3.8) is 0 Å². The molecule has 1 fully saturated rings. The maximum atomic E-state index is 13.1. The molecule has 0 bridgehead atoms. The highest BCUT2D eigenvalue weighted by Gasteiger charge is 2.24. The molecule has 0 spiro atoms. The molecule has 0 unspecified atom stereocenters. The minimum absolute atomic E-state index is 0.00542. The number of rotatable bonds is 5. The first-order chi connectivity index (χ1) is 16.1. The largest absolute Gasteiger partial charge is 0.467 e. The van der Waals surface area contributed by atoms with Gasteiger partial charge in [0, 0.05) is 18.7 Å². The van der Waals surface area contributed by atoms with Gasteiger partial charge in [0.1, 0.15) is 5.76 Å². The van der Waals surface area contributed by atoms with Crippen molar-refractivity contribution in [3.8, 4) is 0 Å². The maximum Gasteiger partial charge on any atom is 0.262 e. The summed E-state index contributed by atoms with van der Waals surface area (Å²) in [6.45, 7) is 1.75. The average molecular weight is 460 g/mol. The molecule has 0 saturated carbocycles. The van der Waals surface area contributed by atoms with Crippen LogP contribution < -0.4 is 5.56 Å². The van der Waals surface area contributed by atoms with Crippen molar-refractivity contribution >= 4 is 29.0 Å². The van der Waals surface area contributed by atoms with Gasteiger partial charge in [-0.1, -0.05) is 30.3 Å². The second kappa shape index (κ2) is 9.19. The third-order valence-electron chi connectivity index (χ3n) is 6.39. The van der Waals surface area contributed by atoms with E-state index in [9.17, 15) is 9.59 Å². The molecule has 4 aromatic rings. The summed E-state index contributed by atoms with van der Waals surface area (Å²) in [4.78, 5) is 31.2. The van der Waals surface area contributed by atoms with Crippen LogP contribution in [0.5, 0.6) is 0 Å². The molecule has 7 heteroatoms. The van der Waals surface area contributed by atoms with E-state index in [1.807, 2.05) is 11.0 Å². The van der Waals surface area contributed by atoms with Crippen molar-refractivity contribution in [2.45, 2.75) is 25.8 Å². The smallest absolute Gasteiger partial charge is 0.262 e. The Morgan fingerprint density at radius 2 is 1.85 bits per heavy atom. The van der Waals surface area contributed by atoms with Crippen molar-refractivity contribution in [3.05, 3.63) is 98.9 Å². The van der Waals surface area contributed by atoms with Crippen LogP contribution in [0.3, 0.4) is 0 Å². The standard InChI is InChI=1S/C26H25N3O3S/c30-24(28-12-10-19(11-13-28)15-18-5-2-1-3-6-18)20-8-9-22-23(16-20)27-26(33)29(25(22)31)17-21-7-4-14-32-21/h1-9,14,16,19H,10-13,15,17H2,(H,27,33). The second-order valence-electron chi connectivity index (χ2n) is 8.59. The van der Waals surface area contributed by atoms with E-state index in [0.717, 1.165) is 32.4 Å². The minimum Gasteiger partial charge on any atom is -0.467 e. The summed E-state index contributed by atoms with van der Waals surface area (Å²) in [5.74, 6) is 1.24. The number of furan rings is 1. The zero-order valence-corrected chi connectivity index (χ0v) is 19.0. The number of carbonyl (C=O) groups is 1. The zero-order chi connectivity index (χ0) is 22.8. The van der Waals surface area contributed by atoms with Crippen molar-refractivity contribution in [2.75, 3.05) is 13.1 Å². The Kier molecular flexibility index (Phi) is 5.96. The molecule has 5 rings (SSSR count). The van der Waals surface area contributed by atoms with Crippen LogP contribution >= 0.6 is 12.2 Å². The molecule has 0 atom stereocenters. The SMILES string of the molecule is O=C(c1ccc2c(=O)n(Cc3ccco3)c(=S)[nH]c2c1)N1CCC(Cc2ccccc2)CC1. The van der Waals surface area contributed by atoms with Gasteiger partial charge in [0.2, 0.25) is 0 Å². The Balaban J connectivity index is 1.31. The van der Waals surface area contributed by atoms with Crippen LogP contribution in [0, 0.1) is 10.7 Å². The van der Waals surface area contributed by atoms with Crippen LogP contribution in [0.25, 0.3) is 10.9 Å². The lowest BCUT2D eigenvalue weighted by molar-refractivity contribution is 0.0690. The Morgan fingerprint density at radius 1 is 1.06 bits per heavy atom. The molecule has 6 nitrogen and oxygen atoms in total. The fraction of sp³-hybridized carbons (Fsp3) is 0.269. The Hall–Kier alpha value is -3.45. The van der Waals surface area contributed by atoms with Gasteiger partial charge in [-0.15, -0.1) is 0 Å². The van der Waals surface area contributed by atoms with Crippen molar-refractivity contribution in [2.24, 2.45) is 5.92 Å². The number of nitrogens with one attached hydrogen (secondary N) is 1. The highest BCUT2D eigenvalue weighted by molar-refractivity contribution is 7.71. The number of aromatic nitrogens is 2. The molecule has 1 saturated heterocycles. The monoisotopic (exact) mass is 459 g/mol. The van der Waals surface area contributed by atoms with E-state index in [1.54, 1.807) is 36.6 Å². The molecule has 0 aliphatic carbocycles. The van der Waals surface area contributed by atoms with E-state index < -0.39 is 0 Å². The highest BCUT2D eigenvalue weighted by Crippen LogP contribution is 2.23. The van der Waals surface area contributed by atoms with Gasteiger partial charge in [-0.2, -0.15) is 0 Å². The normalized spacial score (nSPS) is 14.6. The number of benzene rings is 2. The number of aromatic amines is 1. The maximum absolute atomic E-state index is 13.1. The van der Waals surface area contributed by atoms with Gasteiger partial charge in [-0.05, 0) is 73.3 Å². The number of piperidine rings is 1. The molecule has 2 aromatic carbocycles. The van der Waals surface area contributed by atoms with E-state index in [4.69, 9.17) is 16.6 Å². The molecule has 33 heavy (non-hydrogen) atoms. The third-order valence-corrected chi connectivity index (χ3v) is 6.71. The van der Waals surface area contributed by atoms with Crippen LogP contribution in [-0.2, 0) is 13.0 Å². The van der Waals surface area contributed by atoms with Gasteiger partial charge in [0.05, 0.1) is 23.7 Å². The minimum atomic E-state index is -0.203. The summed E-state index contributed by atoms with van der Waals surface area (Å²) in [5.41, 5.74) is 2.29. The van der Waals surface area contributed by atoms with Crippen LogP contribution in [0.2, 0.25) is 0 Å². The molecular formula is C26H25N3O3S. The van der Waals surface area contributed by atoms with Gasteiger partial charge in [-0.25, -0.2) is 0 Å². The third kappa shape index (κ3) is 4.54. The molecule has 1 N–H and O–H groups in total. The quantitative estimate of drug-likeness (QED) is 0.436. The topological polar surface area (TPSA) is 71.2 Å². The number of likely N-dealkylation sites (tertiary alicyclic amines) is 1. The predicted octanol–water partition coefficient (Wildman–Crippen LogP) is 4.80. The van der Waals surface area contributed by atoms with Gasteiger partial charge in [0.15, 0.2) is 4.77 Å². The van der Waals surface area contributed by atoms with Gasteiger partial charge in [0.25, 0.3) is 11.5 Å². The number of amides is 1. The van der Waals surface area contributed by atoms with Crippen LogP contribution in [0.1, 0.15) is 34.5 Å². The lowest BCUT2D eigenvalue weighted by Gasteiger charge is -2.32. The van der Waals surface area contributed by atoms with Gasteiger partial charge in [-0.3, -0.25) is 14.2 Å². The van der Waals surface area contributed by atoms with E-state index in [2.05, 4.69) is 29.2 Å². The number of hydrogen-bond acceptors (Lipinski definition) is 4. The molecular weight excluding hydrogens is 434 g/mol. The number of carbonyl (C=O) groups excluding carboxylic acids is 1. The number of fused-ring (bicyclic) bond motifs is 1. The molecule has 0 radical (unpaired) electrons. The summed E-state index contributed by atoms with van der Waals surface area (Å²) in [5, 5.41) is 0.494. The first kappa shape index (κ1) is 21.4. The number of nitrogens with zero attached hydrogens (tertiary/aromatic N) is 2. The molecule has 168 valence electrons. The van der Waals surface area contributed by atoms with Gasteiger partial charge < -0.3 is 14.3 Å². The molecule has 1 amide bonds. The summed E-state index contributed by atoms with van der Waals surface area (Å²) in [7, 11) is 0. The summed E-state index contributed by atoms with van der Waals surface area (Å²) in [6.07, 6.45) is 4.61. The molecule has 1 aliphatic heterocycles. The second-order valence-corrected chi connectivity index (χ2v) is 8.97. The fourth-order valence-electron chi connectivity index (χ4n) is 4.56. The van der Waals surface area contributed by atoms with E-state index >= 15 is 0 Å². The Morgan fingerprint density at radius 3 is 2.58 bits per heavy atom. The Labute approximate surface area is 196 Å². The summed E-state index contributed by atoms with van der Waals surface area (Å²) >= 11 is 5.41. The van der Waals surface area contributed by atoms with Crippen LogP contribution in [-0.4, -0.2) is 33.4 Å². The van der Waals surface area contributed by atoms with Crippen LogP contribution in [0.15, 0.2) is 76.1 Å². The Bertz CT molecular complexity index is 1380. The molecule has 1 aliphatic rings. The molecule has 2 aromatic heterocycles.